The van der Waals surface area contributed by atoms with Crippen LogP contribution >= 0.6 is 46.4 Å². The minimum absolute atomic E-state index is 0.249. The summed E-state index contributed by atoms with van der Waals surface area (Å²) in [6, 6.07) is 24.9. The molecule has 13 nitrogen and oxygen atoms in total. The summed E-state index contributed by atoms with van der Waals surface area (Å²) in [5.41, 5.74) is 22.6. The number of hydrogen-bond acceptors (Lipinski definition) is 9. The Morgan fingerprint density at radius 1 is 0.793 bits per heavy atom. The van der Waals surface area contributed by atoms with Crippen molar-refractivity contribution in [3.05, 3.63) is 168 Å². The van der Waals surface area contributed by atoms with Gasteiger partial charge in [0.15, 0.2) is 5.69 Å². The van der Waals surface area contributed by atoms with Crippen LogP contribution in [-0.2, 0) is 25.5 Å². The van der Waals surface area contributed by atoms with Gasteiger partial charge in [-0.05, 0) is 108 Å². The van der Waals surface area contributed by atoms with Crippen molar-refractivity contribution in [1.82, 2.24) is 40.2 Å². The SMILES string of the molecule is Cc1cc(N)nc(C)c1CNC(=O)c1cn(Cc2ccc3ncc(Cl)cc3c2)nn1.ClCc1ccc2ncc(Cl)cc2c1.[N-]=[N+]=NCc1ccc2ncc(Cl)cc2c1. The molecule has 0 saturated carbocycles. The van der Waals surface area contributed by atoms with E-state index < -0.39 is 0 Å². The van der Waals surface area contributed by atoms with Crippen LogP contribution in [0.4, 0.5) is 5.82 Å². The molecule has 8 aromatic rings. The normalized spacial score (nSPS) is 10.7. The summed E-state index contributed by atoms with van der Waals surface area (Å²) in [5, 5.41) is 19.2. The number of carbonyl (C=O) groups is 1. The number of hydrogen-bond donors (Lipinski definition) is 2. The highest BCUT2D eigenvalue weighted by Crippen LogP contribution is 2.21. The van der Waals surface area contributed by atoms with Gasteiger partial charge in [0.2, 0.25) is 0 Å². The molecule has 5 heterocycles. The van der Waals surface area contributed by atoms with Crippen molar-refractivity contribution in [2.45, 2.75) is 39.4 Å². The Kier molecular flexibility index (Phi) is 13.9. The molecule has 3 N–H and O–H groups in total. The van der Waals surface area contributed by atoms with Crippen molar-refractivity contribution < 1.29 is 4.79 Å². The molecule has 0 aliphatic rings. The Hall–Kier alpha value is -6.08. The fourth-order valence-corrected chi connectivity index (χ4v) is 6.60. The van der Waals surface area contributed by atoms with Crippen LogP contribution in [0.1, 0.15) is 44.0 Å². The lowest BCUT2D eigenvalue weighted by atomic mass is 10.1. The predicted octanol–water partition coefficient (Wildman–Crippen LogP) is 10.4. The highest BCUT2D eigenvalue weighted by molar-refractivity contribution is 6.31. The number of carbonyl (C=O) groups excluding carboxylic acids is 1. The fourth-order valence-electron chi connectivity index (χ4n) is 5.94. The Labute approximate surface area is 352 Å². The number of pyridine rings is 4. The summed E-state index contributed by atoms with van der Waals surface area (Å²) in [7, 11) is 0. The van der Waals surface area contributed by atoms with Crippen molar-refractivity contribution in [3.8, 4) is 0 Å². The summed E-state index contributed by atoms with van der Waals surface area (Å²) in [6.45, 7) is 4.97. The lowest BCUT2D eigenvalue weighted by Crippen LogP contribution is -2.24. The zero-order valence-corrected chi connectivity index (χ0v) is 34.1. The molecule has 0 aliphatic carbocycles. The minimum Gasteiger partial charge on any atom is -0.384 e. The van der Waals surface area contributed by atoms with E-state index in [1.807, 2.05) is 86.6 Å². The van der Waals surface area contributed by atoms with Crippen LogP contribution in [0.25, 0.3) is 43.2 Å². The summed E-state index contributed by atoms with van der Waals surface area (Å²) >= 11 is 23.4. The van der Waals surface area contributed by atoms with Crippen molar-refractivity contribution >= 4 is 90.8 Å². The molecule has 58 heavy (non-hydrogen) atoms. The van der Waals surface area contributed by atoms with Crippen LogP contribution in [0.15, 0.2) is 109 Å². The number of nitrogens with two attached hydrogens (primary N) is 1. The molecule has 0 atom stereocenters. The average Bonchev–Trinajstić information content (AvgIpc) is 3.68. The number of azide groups is 1. The van der Waals surface area contributed by atoms with Gasteiger partial charge in [-0.2, -0.15) is 0 Å². The lowest BCUT2D eigenvalue weighted by molar-refractivity contribution is 0.0945. The van der Waals surface area contributed by atoms with Gasteiger partial charge in [-0.15, -0.1) is 16.7 Å². The summed E-state index contributed by atoms with van der Waals surface area (Å²) in [6.07, 6.45) is 6.49. The van der Waals surface area contributed by atoms with E-state index in [0.29, 0.717) is 46.4 Å². The number of fused-ring (bicyclic) bond motifs is 3. The van der Waals surface area contributed by atoms with Gasteiger partial charge in [0.1, 0.15) is 5.82 Å². The third kappa shape index (κ3) is 11.1. The van der Waals surface area contributed by atoms with Crippen LogP contribution in [0, 0.1) is 13.8 Å². The number of amides is 1. The van der Waals surface area contributed by atoms with Gasteiger partial charge in [0, 0.05) is 57.8 Å². The fraction of sp³-hybridized carbons (Fsp3) is 0.146. The van der Waals surface area contributed by atoms with Crippen molar-refractivity contribution in [3.63, 3.8) is 0 Å². The molecule has 3 aromatic carbocycles. The van der Waals surface area contributed by atoms with Crippen molar-refractivity contribution in [2.75, 3.05) is 5.73 Å². The van der Waals surface area contributed by atoms with Gasteiger partial charge in [0.05, 0.1) is 50.9 Å². The number of benzene rings is 3. The number of alkyl halides is 1. The van der Waals surface area contributed by atoms with Gasteiger partial charge in [-0.25, -0.2) is 9.67 Å². The van der Waals surface area contributed by atoms with Crippen molar-refractivity contribution in [2.24, 2.45) is 5.11 Å². The third-order valence-corrected chi connectivity index (χ3v) is 9.65. The number of halogens is 4. The summed E-state index contributed by atoms with van der Waals surface area (Å²) in [4.78, 5) is 32.1. The van der Waals surface area contributed by atoms with Gasteiger partial charge in [-0.1, -0.05) is 63.3 Å². The standard InChI is InChI=1S/C21H20ClN7O.C10H7Cl2N.C10H7ClN4/c1-12-5-20(23)26-13(2)17(12)9-25-21(30)19-11-29(28-27-19)10-14-3-4-18-15(6-14)7-16(22)8-24-18;11-5-7-1-2-10-8(3-7)4-9(12)6-13-10;11-9-4-8-3-7(5-14-15-12)1-2-10(8)13-6-9/h3-8,11H,9-10H2,1-2H3,(H2,23,26)(H,25,30);1-4,6H,5H2;1-4,6H,5H2. The zero-order valence-electron chi connectivity index (χ0n) is 31.1. The van der Waals surface area contributed by atoms with Crippen LogP contribution in [0.3, 0.4) is 0 Å². The second kappa shape index (κ2) is 19.4. The van der Waals surface area contributed by atoms with E-state index in [4.69, 9.17) is 57.7 Å². The number of anilines is 1. The Morgan fingerprint density at radius 2 is 1.33 bits per heavy atom. The molecule has 1 amide bonds. The Balaban J connectivity index is 0.000000168. The van der Waals surface area contributed by atoms with Crippen LogP contribution < -0.4 is 11.1 Å². The van der Waals surface area contributed by atoms with E-state index in [1.165, 1.54) is 0 Å². The van der Waals surface area contributed by atoms with Crippen molar-refractivity contribution in [1.29, 1.82) is 0 Å². The molecule has 0 spiro atoms. The lowest BCUT2D eigenvalue weighted by Gasteiger charge is -2.10. The van der Waals surface area contributed by atoms with Gasteiger partial charge in [-0.3, -0.25) is 19.7 Å². The van der Waals surface area contributed by atoms with E-state index in [9.17, 15) is 4.79 Å². The number of nitrogens with zero attached hydrogens (tertiary/aromatic N) is 10. The highest BCUT2D eigenvalue weighted by atomic mass is 35.5. The number of nitrogen functional groups attached to an aromatic ring is 1. The zero-order chi connectivity index (χ0) is 41.2. The van der Waals surface area contributed by atoms with Gasteiger partial charge >= 0.3 is 0 Å². The molecule has 0 aliphatic heterocycles. The Bertz CT molecular complexity index is 2780. The summed E-state index contributed by atoms with van der Waals surface area (Å²) < 4.78 is 1.62. The molecule has 5 aromatic heterocycles. The first-order chi connectivity index (χ1) is 28.0. The molecule has 0 bridgehead atoms. The maximum absolute atomic E-state index is 12.5. The second-order valence-corrected chi connectivity index (χ2v) is 14.6. The monoisotopic (exact) mass is 850 g/mol. The van der Waals surface area contributed by atoms with Crippen LogP contribution in [0.2, 0.25) is 15.1 Å². The molecular weight excluding hydrogens is 818 g/mol. The van der Waals surface area contributed by atoms with Gasteiger partial charge < -0.3 is 11.1 Å². The first kappa shape index (κ1) is 41.6. The van der Waals surface area contributed by atoms with E-state index in [-0.39, 0.29) is 11.6 Å². The highest BCUT2D eigenvalue weighted by Gasteiger charge is 2.13. The molecule has 8 rings (SSSR count). The molecule has 0 fully saturated rings. The smallest absolute Gasteiger partial charge is 0.273 e. The number of rotatable bonds is 8. The molecule has 0 unspecified atom stereocenters. The molecule has 17 heteroatoms. The topological polar surface area (TPSA) is 186 Å². The molecular formula is C41H34Cl4N12O. The third-order valence-electron chi connectivity index (χ3n) is 8.72. The Morgan fingerprint density at radius 3 is 1.88 bits per heavy atom. The summed E-state index contributed by atoms with van der Waals surface area (Å²) in [5.74, 6) is 0.684. The van der Waals surface area contributed by atoms with E-state index in [0.717, 1.165) is 66.2 Å². The molecule has 292 valence electrons. The van der Waals surface area contributed by atoms with E-state index in [1.54, 1.807) is 35.5 Å². The van der Waals surface area contributed by atoms with Crippen LogP contribution in [0.5, 0.6) is 0 Å². The number of nitrogens with one attached hydrogen (secondary N) is 1. The quantitative estimate of drug-likeness (QED) is 0.0654. The molecule has 0 radical (unpaired) electrons. The first-order valence-electron chi connectivity index (χ1n) is 17.6. The van der Waals surface area contributed by atoms with Crippen LogP contribution in [-0.4, -0.2) is 40.8 Å². The second-order valence-electron chi connectivity index (χ2n) is 13.0. The number of aryl methyl sites for hydroxylation is 2. The largest absolute Gasteiger partial charge is 0.384 e. The first-order valence-corrected chi connectivity index (χ1v) is 19.2. The minimum atomic E-state index is -0.300. The van der Waals surface area contributed by atoms with E-state index in [2.05, 4.69) is 45.6 Å². The average molecular weight is 853 g/mol. The molecule has 0 saturated heterocycles. The van der Waals surface area contributed by atoms with E-state index >= 15 is 0 Å². The predicted molar refractivity (Wildman–Crippen MR) is 231 cm³/mol. The number of aromatic nitrogens is 7. The van der Waals surface area contributed by atoms with Gasteiger partial charge in [0.25, 0.3) is 5.91 Å². The maximum atomic E-state index is 12.5. The maximum Gasteiger partial charge on any atom is 0.273 e.